The van der Waals surface area contributed by atoms with Gasteiger partial charge in [0.05, 0.1) is 38.1 Å². The summed E-state index contributed by atoms with van der Waals surface area (Å²) in [6.07, 6.45) is 4.83. The molecular weight excluding hydrogens is 398 g/mol. The van der Waals surface area contributed by atoms with Crippen LogP contribution in [0.1, 0.15) is 36.3 Å². The highest BCUT2D eigenvalue weighted by Gasteiger charge is 2.25. The number of nitrogens with zero attached hydrogens (tertiary/aromatic N) is 2. The molecule has 0 spiro atoms. The average Bonchev–Trinajstić information content (AvgIpc) is 3.12. The molecule has 0 radical (unpaired) electrons. The van der Waals surface area contributed by atoms with E-state index in [4.69, 9.17) is 9.47 Å². The van der Waals surface area contributed by atoms with Gasteiger partial charge in [-0.1, -0.05) is 12.1 Å². The van der Waals surface area contributed by atoms with E-state index in [9.17, 15) is 4.79 Å². The quantitative estimate of drug-likeness (QED) is 0.558. The maximum atomic E-state index is 13.2. The lowest BCUT2D eigenvalue weighted by Crippen LogP contribution is -2.36. The Hall–Kier alpha value is -2.22. The zero-order valence-corrected chi connectivity index (χ0v) is 18.6. The van der Waals surface area contributed by atoms with Gasteiger partial charge in [-0.2, -0.15) is 0 Å². The van der Waals surface area contributed by atoms with Crippen LogP contribution in [0.2, 0.25) is 0 Å². The first-order valence-corrected chi connectivity index (χ1v) is 11.3. The van der Waals surface area contributed by atoms with Gasteiger partial charge < -0.3 is 14.8 Å². The molecule has 30 heavy (non-hydrogen) atoms. The predicted molar refractivity (Wildman–Crippen MR) is 121 cm³/mol. The first-order chi connectivity index (χ1) is 14.5. The summed E-state index contributed by atoms with van der Waals surface area (Å²) in [6, 6.07) is 8.24. The van der Waals surface area contributed by atoms with Crippen LogP contribution < -0.4 is 15.6 Å². The highest BCUT2D eigenvalue weighted by molar-refractivity contribution is 7.18. The van der Waals surface area contributed by atoms with Crippen molar-refractivity contribution in [1.82, 2.24) is 14.9 Å². The lowest BCUT2D eigenvalue weighted by molar-refractivity contribution is 0.0791. The molecule has 1 aliphatic rings. The van der Waals surface area contributed by atoms with Gasteiger partial charge in [0.15, 0.2) is 0 Å². The highest BCUT2D eigenvalue weighted by Crippen LogP contribution is 2.33. The number of ether oxygens (including phenoxy) is 2. The van der Waals surface area contributed by atoms with Crippen molar-refractivity contribution in [3.8, 4) is 5.75 Å². The SMILES string of the molecule is COc1cccc(Cn2cnc3sc4c(c3c2=O)CCC(NCCOC(C)C)C4)c1. The number of hydrogen-bond donors (Lipinski definition) is 1. The third kappa shape index (κ3) is 4.58. The molecule has 0 amide bonds. The van der Waals surface area contributed by atoms with Crippen LogP contribution in [0, 0.1) is 0 Å². The second kappa shape index (κ2) is 9.29. The third-order valence-corrected chi connectivity index (χ3v) is 6.67. The van der Waals surface area contributed by atoms with Crippen LogP contribution in [-0.2, 0) is 24.1 Å². The number of aromatic nitrogens is 2. The first-order valence-electron chi connectivity index (χ1n) is 10.5. The normalized spacial score (nSPS) is 16.2. The van der Waals surface area contributed by atoms with E-state index in [0.29, 0.717) is 12.6 Å². The van der Waals surface area contributed by atoms with Gasteiger partial charge in [-0.25, -0.2) is 4.98 Å². The summed E-state index contributed by atoms with van der Waals surface area (Å²) in [7, 11) is 1.65. The molecule has 6 nitrogen and oxygen atoms in total. The van der Waals surface area contributed by atoms with Crippen LogP contribution in [0.4, 0.5) is 0 Å². The van der Waals surface area contributed by atoms with E-state index < -0.39 is 0 Å². The zero-order valence-electron chi connectivity index (χ0n) is 17.8. The molecule has 0 saturated carbocycles. The maximum absolute atomic E-state index is 13.2. The summed E-state index contributed by atoms with van der Waals surface area (Å²) in [5.74, 6) is 0.792. The van der Waals surface area contributed by atoms with E-state index >= 15 is 0 Å². The Kier molecular flexibility index (Phi) is 6.51. The van der Waals surface area contributed by atoms with E-state index in [1.54, 1.807) is 29.3 Å². The van der Waals surface area contributed by atoms with Gasteiger partial charge in [-0.3, -0.25) is 9.36 Å². The second-order valence-corrected chi connectivity index (χ2v) is 9.11. The van der Waals surface area contributed by atoms with Crippen molar-refractivity contribution in [2.75, 3.05) is 20.3 Å². The second-order valence-electron chi connectivity index (χ2n) is 8.03. The van der Waals surface area contributed by atoms with E-state index in [-0.39, 0.29) is 11.7 Å². The fraction of sp³-hybridized carbons (Fsp3) is 0.478. The fourth-order valence-electron chi connectivity index (χ4n) is 4.01. The maximum Gasteiger partial charge on any atom is 0.262 e. The molecule has 1 atom stereocenters. The van der Waals surface area contributed by atoms with Crippen LogP contribution in [-0.4, -0.2) is 42.0 Å². The van der Waals surface area contributed by atoms with E-state index in [1.807, 2.05) is 24.3 Å². The molecular formula is C23H29N3O3S. The molecule has 1 unspecified atom stereocenters. The average molecular weight is 428 g/mol. The van der Waals surface area contributed by atoms with Gasteiger partial charge in [0, 0.05) is 17.5 Å². The Morgan fingerprint density at radius 3 is 3.03 bits per heavy atom. The number of hydrogen-bond acceptors (Lipinski definition) is 6. The molecule has 1 aliphatic carbocycles. The number of rotatable bonds is 8. The molecule has 2 heterocycles. The van der Waals surface area contributed by atoms with Gasteiger partial charge >= 0.3 is 0 Å². The number of aryl methyl sites for hydroxylation is 1. The predicted octanol–water partition coefficient (Wildman–Crippen LogP) is 3.39. The summed E-state index contributed by atoms with van der Waals surface area (Å²) in [5, 5.41) is 4.41. The van der Waals surface area contributed by atoms with Crippen molar-refractivity contribution in [3.63, 3.8) is 0 Å². The largest absolute Gasteiger partial charge is 0.497 e. The van der Waals surface area contributed by atoms with Crippen molar-refractivity contribution >= 4 is 21.6 Å². The number of methoxy groups -OCH3 is 1. The van der Waals surface area contributed by atoms with Crippen molar-refractivity contribution < 1.29 is 9.47 Å². The molecule has 7 heteroatoms. The minimum atomic E-state index is 0.0528. The van der Waals surface area contributed by atoms with E-state index in [0.717, 1.165) is 53.9 Å². The third-order valence-electron chi connectivity index (χ3n) is 5.51. The molecule has 0 fully saturated rings. The van der Waals surface area contributed by atoms with Crippen LogP contribution in [0.5, 0.6) is 5.75 Å². The Balaban J connectivity index is 1.52. The van der Waals surface area contributed by atoms with Gasteiger partial charge in [-0.15, -0.1) is 11.3 Å². The number of thiophene rings is 1. The Morgan fingerprint density at radius 2 is 2.23 bits per heavy atom. The monoisotopic (exact) mass is 427 g/mol. The molecule has 1 N–H and O–H groups in total. The number of fused-ring (bicyclic) bond motifs is 3. The molecule has 0 bridgehead atoms. The smallest absolute Gasteiger partial charge is 0.262 e. The van der Waals surface area contributed by atoms with E-state index in [1.165, 1.54) is 10.4 Å². The van der Waals surface area contributed by atoms with Crippen molar-refractivity contribution in [2.45, 2.75) is 51.8 Å². The first kappa shape index (κ1) is 21.0. The van der Waals surface area contributed by atoms with Gasteiger partial charge in [0.2, 0.25) is 0 Å². The molecule has 1 aromatic carbocycles. The minimum absolute atomic E-state index is 0.0528. The Bertz CT molecular complexity index is 1070. The molecule has 2 aromatic heterocycles. The van der Waals surface area contributed by atoms with Gasteiger partial charge in [0.1, 0.15) is 10.6 Å². The molecule has 3 aromatic rings. The number of nitrogens with one attached hydrogen (secondary N) is 1. The van der Waals surface area contributed by atoms with Crippen molar-refractivity contribution in [1.29, 1.82) is 0 Å². The van der Waals surface area contributed by atoms with Gasteiger partial charge in [0.25, 0.3) is 5.56 Å². The molecule has 0 saturated heterocycles. The highest BCUT2D eigenvalue weighted by atomic mass is 32.1. The topological polar surface area (TPSA) is 65.4 Å². The molecule has 160 valence electrons. The molecule has 4 rings (SSSR count). The summed E-state index contributed by atoms with van der Waals surface area (Å²) >= 11 is 1.67. The summed E-state index contributed by atoms with van der Waals surface area (Å²) < 4.78 is 12.6. The lowest BCUT2D eigenvalue weighted by atomic mass is 9.93. The Morgan fingerprint density at radius 1 is 1.37 bits per heavy atom. The summed E-state index contributed by atoms with van der Waals surface area (Å²) in [6.45, 7) is 6.18. The van der Waals surface area contributed by atoms with Crippen LogP contribution in [0.15, 0.2) is 35.4 Å². The van der Waals surface area contributed by atoms with Gasteiger partial charge in [-0.05, 0) is 56.4 Å². The summed E-state index contributed by atoms with van der Waals surface area (Å²) in [5.41, 5.74) is 2.27. The number of benzene rings is 1. The minimum Gasteiger partial charge on any atom is -0.497 e. The Labute approximate surface area is 180 Å². The van der Waals surface area contributed by atoms with Crippen LogP contribution in [0.25, 0.3) is 10.2 Å². The standard InChI is InChI=1S/C23H29N3O3S/c1-15(2)29-10-9-24-17-7-8-19-20(12-17)30-22-21(19)23(27)26(14-25-22)13-16-5-4-6-18(11-16)28-3/h4-6,11,14-15,17,24H,7-10,12-13H2,1-3H3. The van der Waals surface area contributed by atoms with Crippen molar-refractivity contribution in [2.24, 2.45) is 0 Å². The fourth-order valence-corrected chi connectivity index (χ4v) is 5.27. The van der Waals surface area contributed by atoms with Crippen LogP contribution >= 0.6 is 11.3 Å². The van der Waals surface area contributed by atoms with Crippen molar-refractivity contribution in [3.05, 3.63) is 57.0 Å². The summed E-state index contributed by atoms with van der Waals surface area (Å²) in [4.78, 5) is 20.0. The lowest BCUT2D eigenvalue weighted by Gasteiger charge is -2.23. The van der Waals surface area contributed by atoms with Crippen LogP contribution in [0.3, 0.4) is 0 Å². The molecule has 0 aliphatic heterocycles. The van der Waals surface area contributed by atoms with E-state index in [2.05, 4.69) is 24.1 Å². The zero-order chi connectivity index (χ0) is 21.1.